The van der Waals surface area contributed by atoms with Crippen molar-refractivity contribution in [3.63, 3.8) is 0 Å². The number of hydrogen-bond acceptors (Lipinski definition) is 1. The molecule has 0 atom stereocenters. The predicted molar refractivity (Wildman–Crippen MR) is 78.1 cm³/mol. The molecule has 1 heterocycles. The van der Waals surface area contributed by atoms with Crippen molar-refractivity contribution in [2.75, 3.05) is 0 Å². The molecule has 18 heavy (non-hydrogen) atoms. The molecule has 1 aromatic carbocycles. The maximum atomic E-state index is 4.71. The van der Waals surface area contributed by atoms with Gasteiger partial charge in [0.2, 0.25) is 0 Å². The fourth-order valence-electron chi connectivity index (χ4n) is 3.36. The quantitative estimate of drug-likeness (QED) is 0.647. The maximum absolute atomic E-state index is 4.71. The molecule has 2 aliphatic rings. The van der Waals surface area contributed by atoms with Crippen LogP contribution in [0.15, 0.2) is 23.2 Å². The van der Waals surface area contributed by atoms with Gasteiger partial charge in [-0.25, -0.2) is 0 Å². The number of benzene rings is 1. The molecular weight excluding hydrogens is 218 g/mol. The van der Waals surface area contributed by atoms with Gasteiger partial charge in [-0.3, -0.25) is 4.99 Å². The third-order valence-electron chi connectivity index (χ3n) is 4.96. The van der Waals surface area contributed by atoms with E-state index in [2.05, 4.69) is 39.0 Å². The van der Waals surface area contributed by atoms with Gasteiger partial charge in [0.15, 0.2) is 0 Å². The lowest BCUT2D eigenvalue weighted by Gasteiger charge is -2.25. The van der Waals surface area contributed by atoms with Crippen molar-refractivity contribution in [3.05, 3.63) is 29.3 Å². The Bertz CT molecular complexity index is 490. The third-order valence-corrected chi connectivity index (χ3v) is 4.96. The first-order valence-corrected chi connectivity index (χ1v) is 7.29. The lowest BCUT2D eigenvalue weighted by atomic mass is 9.78. The summed E-state index contributed by atoms with van der Waals surface area (Å²) >= 11 is 0. The zero-order valence-corrected chi connectivity index (χ0v) is 11.8. The Morgan fingerprint density at radius 3 is 2.56 bits per heavy atom. The van der Waals surface area contributed by atoms with Crippen LogP contribution in [0.4, 0.5) is 5.69 Å². The van der Waals surface area contributed by atoms with E-state index in [-0.39, 0.29) is 5.41 Å². The van der Waals surface area contributed by atoms with Crippen LogP contribution in [0.3, 0.4) is 0 Å². The molecule has 0 spiro atoms. The van der Waals surface area contributed by atoms with Crippen molar-refractivity contribution in [1.82, 2.24) is 0 Å². The standard InChI is InChI=1S/C17H23N/c1-12-17(2,3)15-11-14(9-10-16(15)18-12)13-7-5-4-6-8-13/h9-11,13H,4-8H2,1-3H3. The second kappa shape index (κ2) is 4.22. The van der Waals surface area contributed by atoms with Gasteiger partial charge >= 0.3 is 0 Å². The van der Waals surface area contributed by atoms with Crippen LogP contribution in [0.2, 0.25) is 0 Å². The summed E-state index contributed by atoms with van der Waals surface area (Å²) in [5, 5.41) is 0. The number of rotatable bonds is 1. The summed E-state index contributed by atoms with van der Waals surface area (Å²) in [5.74, 6) is 0.792. The Hall–Kier alpha value is -1.11. The van der Waals surface area contributed by atoms with Gasteiger partial charge in [0.25, 0.3) is 0 Å². The van der Waals surface area contributed by atoms with Crippen LogP contribution >= 0.6 is 0 Å². The molecule has 0 unspecified atom stereocenters. The van der Waals surface area contributed by atoms with Gasteiger partial charge in [-0.2, -0.15) is 0 Å². The van der Waals surface area contributed by atoms with Crippen LogP contribution in [-0.2, 0) is 5.41 Å². The predicted octanol–water partition coefficient (Wildman–Crippen LogP) is 5.12. The molecule has 3 rings (SSSR count). The molecule has 1 nitrogen and oxygen atoms in total. The number of hydrogen-bond donors (Lipinski definition) is 0. The topological polar surface area (TPSA) is 12.4 Å². The highest BCUT2D eigenvalue weighted by molar-refractivity contribution is 5.99. The minimum Gasteiger partial charge on any atom is -0.257 e. The van der Waals surface area contributed by atoms with Crippen LogP contribution in [0.25, 0.3) is 0 Å². The normalized spacial score (nSPS) is 22.7. The SMILES string of the molecule is CC1=Nc2ccc(C3CCCCC3)cc2C1(C)C. The largest absolute Gasteiger partial charge is 0.257 e. The van der Waals surface area contributed by atoms with Gasteiger partial charge in [0.1, 0.15) is 0 Å². The van der Waals surface area contributed by atoms with Crippen LogP contribution < -0.4 is 0 Å². The Morgan fingerprint density at radius 1 is 1.11 bits per heavy atom. The van der Waals surface area contributed by atoms with Gasteiger partial charge in [0.05, 0.1) is 5.69 Å². The lowest BCUT2D eigenvalue weighted by molar-refractivity contribution is 0.443. The lowest BCUT2D eigenvalue weighted by Crippen LogP contribution is -2.23. The van der Waals surface area contributed by atoms with Gasteiger partial charge in [-0.1, -0.05) is 45.2 Å². The van der Waals surface area contributed by atoms with Crippen molar-refractivity contribution in [1.29, 1.82) is 0 Å². The average molecular weight is 241 g/mol. The first-order chi connectivity index (χ1) is 8.59. The van der Waals surface area contributed by atoms with Gasteiger partial charge in [0, 0.05) is 11.1 Å². The van der Waals surface area contributed by atoms with E-state index in [0.29, 0.717) is 0 Å². The summed E-state index contributed by atoms with van der Waals surface area (Å²) in [6.07, 6.45) is 6.98. The molecule has 1 aromatic rings. The van der Waals surface area contributed by atoms with Crippen LogP contribution in [0, 0.1) is 0 Å². The first kappa shape index (κ1) is 12.0. The summed E-state index contributed by atoms with van der Waals surface area (Å²) in [6, 6.07) is 6.98. The molecule has 1 saturated carbocycles. The number of fused-ring (bicyclic) bond motifs is 1. The van der Waals surface area contributed by atoms with Gasteiger partial charge in [-0.15, -0.1) is 0 Å². The van der Waals surface area contributed by atoms with Crippen molar-refractivity contribution < 1.29 is 0 Å². The number of nitrogens with zero attached hydrogens (tertiary/aromatic N) is 1. The molecule has 96 valence electrons. The Labute approximate surface area is 110 Å². The second-order valence-corrected chi connectivity index (χ2v) is 6.43. The van der Waals surface area contributed by atoms with E-state index < -0.39 is 0 Å². The minimum absolute atomic E-state index is 0.125. The molecule has 0 bridgehead atoms. The van der Waals surface area contributed by atoms with E-state index in [9.17, 15) is 0 Å². The maximum Gasteiger partial charge on any atom is 0.0670 e. The van der Waals surface area contributed by atoms with E-state index >= 15 is 0 Å². The summed E-state index contributed by atoms with van der Waals surface area (Å²) in [7, 11) is 0. The first-order valence-electron chi connectivity index (χ1n) is 7.29. The van der Waals surface area contributed by atoms with Gasteiger partial charge in [-0.05, 0) is 42.9 Å². The van der Waals surface area contributed by atoms with E-state index in [0.717, 1.165) is 5.92 Å². The highest BCUT2D eigenvalue weighted by atomic mass is 14.8. The summed E-state index contributed by atoms with van der Waals surface area (Å²) in [4.78, 5) is 4.71. The van der Waals surface area contributed by atoms with Gasteiger partial charge < -0.3 is 0 Å². The average Bonchev–Trinajstić information content (AvgIpc) is 2.61. The smallest absolute Gasteiger partial charge is 0.0670 e. The Kier molecular flexibility index (Phi) is 2.80. The molecule has 0 amide bonds. The fourth-order valence-corrected chi connectivity index (χ4v) is 3.36. The van der Waals surface area contributed by atoms with Crippen molar-refractivity contribution in [2.45, 2.75) is 64.2 Å². The van der Waals surface area contributed by atoms with E-state index in [1.807, 2.05) is 0 Å². The van der Waals surface area contributed by atoms with Crippen LogP contribution in [-0.4, -0.2) is 5.71 Å². The highest BCUT2D eigenvalue weighted by Crippen LogP contribution is 2.42. The summed E-state index contributed by atoms with van der Waals surface area (Å²) < 4.78 is 0. The molecule has 0 N–H and O–H groups in total. The molecule has 0 radical (unpaired) electrons. The zero-order valence-electron chi connectivity index (χ0n) is 11.8. The van der Waals surface area contributed by atoms with Crippen molar-refractivity contribution >= 4 is 11.4 Å². The summed E-state index contributed by atoms with van der Waals surface area (Å²) in [6.45, 7) is 6.74. The molecule has 1 fully saturated rings. The summed E-state index contributed by atoms with van der Waals surface area (Å²) in [5.41, 5.74) is 5.55. The molecule has 1 aliphatic carbocycles. The van der Waals surface area contributed by atoms with Crippen molar-refractivity contribution in [2.24, 2.45) is 4.99 Å². The fraction of sp³-hybridized carbons (Fsp3) is 0.588. The Morgan fingerprint density at radius 2 is 1.83 bits per heavy atom. The highest BCUT2D eigenvalue weighted by Gasteiger charge is 2.32. The third kappa shape index (κ3) is 1.81. The molecule has 1 heteroatoms. The zero-order chi connectivity index (χ0) is 12.8. The molecule has 1 aliphatic heterocycles. The number of aliphatic imine (C=N–C) groups is 1. The van der Waals surface area contributed by atoms with E-state index in [4.69, 9.17) is 4.99 Å². The van der Waals surface area contributed by atoms with Crippen LogP contribution in [0.5, 0.6) is 0 Å². The van der Waals surface area contributed by atoms with E-state index in [1.165, 1.54) is 49.1 Å². The van der Waals surface area contributed by atoms with E-state index in [1.54, 1.807) is 5.56 Å². The second-order valence-electron chi connectivity index (χ2n) is 6.43. The molecule has 0 saturated heterocycles. The Balaban J connectivity index is 1.96. The molecular formula is C17H23N. The van der Waals surface area contributed by atoms with Crippen LogP contribution in [0.1, 0.15) is 69.9 Å². The monoisotopic (exact) mass is 241 g/mol. The van der Waals surface area contributed by atoms with Crippen molar-refractivity contribution in [3.8, 4) is 0 Å². The minimum atomic E-state index is 0.125. The molecule has 0 aromatic heterocycles.